The van der Waals surface area contributed by atoms with Crippen molar-refractivity contribution in [2.24, 2.45) is 11.3 Å². The Labute approximate surface area is 122 Å². The van der Waals surface area contributed by atoms with Crippen LogP contribution in [-0.2, 0) is 9.59 Å². The van der Waals surface area contributed by atoms with E-state index in [1.54, 1.807) is 6.08 Å². The first kappa shape index (κ1) is 16.7. The third-order valence-electron chi connectivity index (χ3n) is 4.69. The maximum absolute atomic E-state index is 11.7. The molecular formula is C16H28N2O2. The molecule has 0 aromatic rings. The molecule has 0 aromatic carbocycles. The number of amides is 2. The van der Waals surface area contributed by atoms with Crippen LogP contribution in [-0.4, -0.2) is 24.4 Å². The van der Waals surface area contributed by atoms with Crippen LogP contribution < -0.4 is 10.6 Å². The van der Waals surface area contributed by atoms with Crippen LogP contribution in [0.1, 0.15) is 52.9 Å². The second-order valence-corrected chi connectivity index (χ2v) is 6.36. The summed E-state index contributed by atoms with van der Waals surface area (Å²) in [5, 5.41) is 5.33. The predicted molar refractivity (Wildman–Crippen MR) is 81.2 cm³/mol. The topological polar surface area (TPSA) is 58.2 Å². The van der Waals surface area contributed by atoms with Crippen LogP contribution in [0.5, 0.6) is 0 Å². The molecule has 0 aromatic heterocycles. The Morgan fingerprint density at radius 1 is 1.20 bits per heavy atom. The summed E-state index contributed by atoms with van der Waals surface area (Å²) in [5.41, 5.74) is 0.371. The van der Waals surface area contributed by atoms with E-state index in [2.05, 4.69) is 38.0 Å². The highest BCUT2D eigenvalue weighted by Crippen LogP contribution is 2.40. The highest BCUT2D eigenvalue weighted by molar-refractivity contribution is 6.35. The molecule has 0 bridgehead atoms. The predicted octanol–water partition coefficient (Wildman–Crippen LogP) is 2.40. The van der Waals surface area contributed by atoms with Gasteiger partial charge in [-0.15, -0.1) is 6.58 Å². The zero-order valence-corrected chi connectivity index (χ0v) is 13.0. The Morgan fingerprint density at radius 2 is 1.80 bits per heavy atom. The number of rotatable bonds is 5. The van der Waals surface area contributed by atoms with Gasteiger partial charge in [-0.1, -0.05) is 33.3 Å². The molecule has 1 aliphatic carbocycles. The molecule has 1 rings (SSSR count). The molecule has 0 atom stereocenters. The quantitative estimate of drug-likeness (QED) is 0.600. The van der Waals surface area contributed by atoms with Crippen molar-refractivity contribution in [1.29, 1.82) is 0 Å². The highest BCUT2D eigenvalue weighted by atomic mass is 16.2. The number of carbonyl (C=O) groups excluding carboxylic acids is 2. The van der Waals surface area contributed by atoms with Crippen LogP contribution in [0.25, 0.3) is 0 Å². The van der Waals surface area contributed by atoms with E-state index in [4.69, 9.17) is 0 Å². The molecule has 114 valence electrons. The lowest BCUT2D eigenvalue weighted by atomic mass is 9.69. The molecule has 1 aliphatic rings. The molecule has 1 fully saturated rings. The number of hydrogen-bond acceptors (Lipinski definition) is 2. The van der Waals surface area contributed by atoms with Gasteiger partial charge in [0.2, 0.25) is 0 Å². The lowest BCUT2D eigenvalue weighted by Crippen LogP contribution is -2.46. The van der Waals surface area contributed by atoms with E-state index in [-0.39, 0.29) is 6.04 Å². The summed E-state index contributed by atoms with van der Waals surface area (Å²) in [7, 11) is 0. The average Bonchev–Trinajstić information content (AvgIpc) is 2.45. The normalized spacial score (nSPS) is 22.9. The molecule has 4 nitrogen and oxygen atoms in total. The van der Waals surface area contributed by atoms with Gasteiger partial charge in [0, 0.05) is 12.6 Å². The SMILES string of the molecule is C=CCNC(=O)C(=O)NC1CCC(C(C)(C)CC)CC1. The maximum Gasteiger partial charge on any atom is 0.309 e. The summed E-state index contributed by atoms with van der Waals surface area (Å²) >= 11 is 0. The van der Waals surface area contributed by atoms with Gasteiger partial charge in [-0.05, 0) is 37.0 Å². The van der Waals surface area contributed by atoms with Crippen molar-refractivity contribution in [2.75, 3.05) is 6.54 Å². The van der Waals surface area contributed by atoms with Gasteiger partial charge in [0.25, 0.3) is 0 Å². The first-order valence-electron chi connectivity index (χ1n) is 7.60. The lowest BCUT2D eigenvalue weighted by Gasteiger charge is -2.39. The zero-order valence-electron chi connectivity index (χ0n) is 13.0. The second kappa shape index (κ2) is 7.46. The second-order valence-electron chi connectivity index (χ2n) is 6.36. The summed E-state index contributed by atoms with van der Waals surface area (Å²) in [4.78, 5) is 23.2. The summed E-state index contributed by atoms with van der Waals surface area (Å²) in [6.45, 7) is 10.7. The fourth-order valence-corrected chi connectivity index (χ4v) is 2.80. The minimum Gasteiger partial charge on any atom is -0.345 e. The first-order valence-corrected chi connectivity index (χ1v) is 7.60. The summed E-state index contributed by atoms with van der Waals surface area (Å²) < 4.78 is 0. The summed E-state index contributed by atoms with van der Waals surface area (Å²) in [6.07, 6.45) is 6.92. The Morgan fingerprint density at radius 3 is 2.30 bits per heavy atom. The van der Waals surface area contributed by atoms with E-state index < -0.39 is 11.8 Å². The summed E-state index contributed by atoms with van der Waals surface area (Å²) in [5.74, 6) is -0.374. The standard InChI is InChI=1S/C16H28N2O2/c1-5-11-17-14(19)15(20)18-13-9-7-12(8-10-13)16(3,4)6-2/h5,12-13H,1,6-11H2,2-4H3,(H,17,19)(H,18,20). The Bertz CT molecular complexity index is 355. The number of hydrogen-bond donors (Lipinski definition) is 2. The van der Waals surface area contributed by atoms with Crippen LogP contribution in [0.3, 0.4) is 0 Å². The molecule has 0 heterocycles. The Hall–Kier alpha value is -1.32. The molecule has 4 heteroatoms. The lowest BCUT2D eigenvalue weighted by molar-refractivity contribution is -0.139. The van der Waals surface area contributed by atoms with Crippen LogP contribution in [0.15, 0.2) is 12.7 Å². The molecule has 0 aliphatic heterocycles. The fraction of sp³-hybridized carbons (Fsp3) is 0.750. The molecular weight excluding hydrogens is 252 g/mol. The van der Waals surface area contributed by atoms with Gasteiger partial charge in [-0.2, -0.15) is 0 Å². The van der Waals surface area contributed by atoms with E-state index in [0.29, 0.717) is 12.0 Å². The van der Waals surface area contributed by atoms with Crippen LogP contribution >= 0.6 is 0 Å². The third-order valence-corrected chi connectivity index (χ3v) is 4.69. The minimum absolute atomic E-state index is 0.140. The van der Waals surface area contributed by atoms with Gasteiger partial charge in [0.05, 0.1) is 0 Å². The molecule has 0 radical (unpaired) electrons. The van der Waals surface area contributed by atoms with Crippen LogP contribution in [0, 0.1) is 11.3 Å². The molecule has 0 unspecified atom stereocenters. The van der Waals surface area contributed by atoms with Gasteiger partial charge >= 0.3 is 11.8 Å². The van der Waals surface area contributed by atoms with Crippen LogP contribution in [0.2, 0.25) is 0 Å². The molecule has 0 spiro atoms. The monoisotopic (exact) mass is 280 g/mol. The van der Waals surface area contributed by atoms with E-state index >= 15 is 0 Å². The van der Waals surface area contributed by atoms with Crippen molar-refractivity contribution in [1.82, 2.24) is 10.6 Å². The largest absolute Gasteiger partial charge is 0.345 e. The Balaban J connectivity index is 2.37. The zero-order chi connectivity index (χ0) is 15.2. The first-order chi connectivity index (χ1) is 9.40. The minimum atomic E-state index is -0.569. The molecule has 20 heavy (non-hydrogen) atoms. The van der Waals surface area contributed by atoms with E-state index in [1.165, 1.54) is 6.42 Å². The van der Waals surface area contributed by atoms with Crippen molar-refractivity contribution in [3.8, 4) is 0 Å². The van der Waals surface area contributed by atoms with E-state index in [0.717, 1.165) is 31.6 Å². The van der Waals surface area contributed by atoms with Gasteiger partial charge in [0.15, 0.2) is 0 Å². The van der Waals surface area contributed by atoms with Gasteiger partial charge in [-0.3, -0.25) is 9.59 Å². The molecule has 1 saturated carbocycles. The Kier molecular flexibility index (Phi) is 6.24. The maximum atomic E-state index is 11.7. The molecule has 0 saturated heterocycles. The van der Waals surface area contributed by atoms with E-state index in [9.17, 15) is 9.59 Å². The van der Waals surface area contributed by atoms with Crippen molar-refractivity contribution in [2.45, 2.75) is 58.9 Å². The number of nitrogens with one attached hydrogen (secondary N) is 2. The van der Waals surface area contributed by atoms with Crippen molar-refractivity contribution in [3.63, 3.8) is 0 Å². The fourth-order valence-electron chi connectivity index (χ4n) is 2.80. The smallest absolute Gasteiger partial charge is 0.309 e. The van der Waals surface area contributed by atoms with Crippen LogP contribution in [0.4, 0.5) is 0 Å². The highest BCUT2D eigenvalue weighted by Gasteiger charge is 2.32. The van der Waals surface area contributed by atoms with Gasteiger partial charge in [0.1, 0.15) is 0 Å². The average molecular weight is 280 g/mol. The van der Waals surface area contributed by atoms with E-state index in [1.807, 2.05) is 0 Å². The molecule has 2 N–H and O–H groups in total. The van der Waals surface area contributed by atoms with Crippen molar-refractivity contribution >= 4 is 11.8 Å². The third kappa shape index (κ3) is 4.66. The summed E-state index contributed by atoms with van der Waals surface area (Å²) in [6, 6.07) is 0.140. The van der Waals surface area contributed by atoms with Gasteiger partial charge in [-0.25, -0.2) is 0 Å². The number of carbonyl (C=O) groups is 2. The van der Waals surface area contributed by atoms with Crippen molar-refractivity contribution in [3.05, 3.63) is 12.7 Å². The van der Waals surface area contributed by atoms with Crippen molar-refractivity contribution < 1.29 is 9.59 Å². The van der Waals surface area contributed by atoms with Gasteiger partial charge < -0.3 is 10.6 Å². The molecule has 2 amide bonds.